The molecular formula is C15H22NOS-. The van der Waals surface area contributed by atoms with Crippen LogP contribution in [0, 0.1) is 11.8 Å². The van der Waals surface area contributed by atoms with E-state index in [-0.39, 0.29) is 11.3 Å². The Hall–Kier alpha value is -1.09. The molecule has 0 heterocycles. The highest BCUT2D eigenvalue weighted by atomic mass is 32.1. The van der Waals surface area contributed by atoms with Gasteiger partial charge in [-0.05, 0) is 24.3 Å². The summed E-state index contributed by atoms with van der Waals surface area (Å²) < 4.78 is 0. The van der Waals surface area contributed by atoms with Gasteiger partial charge in [0.2, 0.25) is 0 Å². The molecule has 0 saturated heterocycles. The van der Waals surface area contributed by atoms with E-state index in [4.69, 9.17) is 12.6 Å². The standard InChI is InChI=1S/C15H23NOS/c1-11(2)12(3)13(4)16(15(17)18)10-14-8-6-5-7-9-14/h5-9,11-13H,10H2,1-4H3,(H,17,18)/p-1. The van der Waals surface area contributed by atoms with Crippen LogP contribution in [-0.4, -0.2) is 16.2 Å². The zero-order valence-electron chi connectivity index (χ0n) is 11.6. The molecule has 3 heteroatoms. The van der Waals surface area contributed by atoms with Crippen molar-refractivity contribution in [3.05, 3.63) is 35.9 Å². The van der Waals surface area contributed by atoms with Crippen molar-refractivity contribution in [1.29, 1.82) is 0 Å². The second kappa shape index (κ2) is 6.74. The van der Waals surface area contributed by atoms with Crippen LogP contribution in [0.5, 0.6) is 0 Å². The van der Waals surface area contributed by atoms with Gasteiger partial charge in [0.1, 0.15) is 5.24 Å². The van der Waals surface area contributed by atoms with Crippen molar-refractivity contribution in [2.75, 3.05) is 0 Å². The van der Waals surface area contributed by atoms with Crippen LogP contribution in [-0.2, 0) is 19.2 Å². The number of carbonyl (C=O) groups excluding carboxylic acids is 1. The molecule has 0 N–H and O–H groups in total. The molecular weight excluding hydrogens is 242 g/mol. The van der Waals surface area contributed by atoms with E-state index >= 15 is 0 Å². The maximum Gasteiger partial charge on any atom is 0.101 e. The van der Waals surface area contributed by atoms with Gasteiger partial charge in [-0.25, -0.2) is 0 Å². The quantitative estimate of drug-likeness (QED) is 0.753. The number of benzene rings is 1. The van der Waals surface area contributed by atoms with Gasteiger partial charge in [0.15, 0.2) is 0 Å². The molecule has 0 aliphatic carbocycles. The minimum Gasteiger partial charge on any atom is -0.719 e. The monoisotopic (exact) mass is 264 g/mol. The average Bonchev–Trinajstić information content (AvgIpc) is 2.35. The van der Waals surface area contributed by atoms with Gasteiger partial charge < -0.3 is 22.3 Å². The first kappa shape index (κ1) is 15.0. The Morgan fingerprint density at radius 1 is 1.17 bits per heavy atom. The highest BCUT2D eigenvalue weighted by molar-refractivity contribution is 7.76. The smallest absolute Gasteiger partial charge is 0.101 e. The van der Waals surface area contributed by atoms with Crippen molar-refractivity contribution in [3.8, 4) is 0 Å². The molecule has 2 nitrogen and oxygen atoms in total. The Morgan fingerprint density at radius 2 is 1.72 bits per heavy atom. The first-order chi connectivity index (χ1) is 8.43. The van der Waals surface area contributed by atoms with Crippen LogP contribution in [0.3, 0.4) is 0 Å². The van der Waals surface area contributed by atoms with Crippen LogP contribution in [0.4, 0.5) is 4.79 Å². The number of hydrogen-bond donors (Lipinski definition) is 0. The molecule has 0 aliphatic rings. The van der Waals surface area contributed by atoms with Gasteiger partial charge >= 0.3 is 0 Å². The van der Waals surface area contributed by atoms with E-state index in [1.807, 2.05) is 30.3 Å². The van der Waals surface area contributed by atoms with Crippen LogP contribution >= 0.6 is 0 Å². The molecule has 0 saturated carbocycles. The van der Waals surface area contributed by atoms with Crippen molar-refractivity contribution in [2.24, 2.45) is 11.8 Å². The number of hydrogen-bond acceptors (Lipinski definition) is 2. The van der Waals surface area contributed by atoms with E-state index in [2.05, 4.69) is 27.7 Å². The fourth-order valence-corrected chi connectivity index (χ4v) is 2.23. The summed E-state index contributed by atoms with van der Waals surface area (Å²) in [7, 11) is 0. The largest absolute Gasteiger partial charge is 0.719 e. The summed E-state index contributed by atoms with van der Waals surface area (Å²) in [6, 6.07) is 10.2. The summed E-state index contributed by atoms with van der Waals surface area (Å²) in [4.78, 5) is 13.4. The third kappa shape index (κ3) is 3.98. The molecule has 0 spiro atoms. The summed E-state index contributed by atoms with van der Waals surface area (Å²) in [5, 5.41) is -0.265. The highest BCUT2D eigenvalue weighted by Gasteiger charge is 2.22. The second-order valence-corrected chi connectivity index (χ2v) is 5.57. The molecule has 0 radical (unpaired) electrons. The minimum absolute atomic E-state index is 0.162. The molecule has 1 amide bonds. The molecule has 1 rings (SSSR count). The zero-order chi connectivity index (χ0) is 13.7. The number of amides is 1. The van der Waals surface area contributed by atoms with Gasteiger partial charge in [-0.3, -0.25) is 0 Å². The lowest BCUT2D eigenvalue weighted by molar-refractivity contribution is 0.159. The maximum absolute atomic E-state index is 11.7. The lowest BCUT2D eigenvalue weighted by Crippen LogP contribution is -2.41. The van der Waals surface area contributed by atoms with Crippen LogP contribution in [0.25, 0.3) is 0 Å². The third-order valence-corrected chi connectivity index (χ3v) is 3.97. The van der Waals surface area contributed by atoms with Gasteiger partial charge in [0.25, 0.3) is 0 Å². The van der Waals surface area contributed by atoms with Gasteiger partial charge in [0.05, 0.1) is 0 Å². The molecule has 0 aliphatic heterocycles. The molecule has 0 bridgehead atoms. The van der Waals surface area contributed by atoms with Crippen molar-refractivity contribution < 1.29 is 4.79 Å². The predicted molar refractivity (Wildman–Crippen MR) is 78.2 cm³/mol. The Labute approximate surface area is 116 Å². The molecule has 100 valence electrons. The lowest BCUT2D eigenvalue weighted by atomic mass is 9.90. The molecule has 0 aromatic heterocycles. The van der Waals surface area contributed by atoms with E-state index in [1.54, 1.807) is 4.90 Å². The Balaban J connectivity index is 2.80. The summed E-state index contributed by atoms with van der Waals surface area (Å²) >= 11 is 4.87. The van der Waals surface area contributed by atoms with Crippen LogP contribution in [0.15, 0.2) is 30.3 Å². The van der Waals surface area contributed by atoms with Gasteiger partial charge in [-0.2, -0.15) is 0 Å². The summed E-state index contributed by atoms with van der Waals surface area (Å²) in [5.74, 6) is 0.966. The average molecular weight is 264 g/mol. The normalized spacial score (nSPS) is 14.3. The van der Waals surface area contributed by atoms with Crippen LogP contribution in [0.2, 0.25) is 0 Å². The second-order valence-electron chi connectivity index (χ2n) is 5.22. The lowest BCUT2D eigenvalue weighted by Gasteiger charge is -2.37. The topological polar surface area (TPSA) is 20.3 Å². The van der Waals surface area contributed by atoms with E-state index in [0.717, 1.165) is 5.56 Å². The fourth-order valence-electron chi connectivity index (χ4n) is 2.00. The van der Waals surface area contributed by atoms with E-state index in [0.29, 0.717) is 18.4 Å². The van der Waals surface area contributed by atoms with Crippen molar-refractivity contribution in [3.63, 3.8) is 0 Å². The number of nitrogens with zero attached hydrogens (tertiary/aromatic N) is 1. The summed E-state index contributed by atoms with van der Waals surface area (Å²) in [6.45, 7) is 9.20. The summed E-state index contributed by atoms with van der Waals surface area (Å²) in [5.41, 5.74) is 1.12. The predicted octanol–water partition coefficient (Wildman–Crippen LogP) is 3.84. The molecule has 1 aromatic carbocycles. The molecule has 2 unspecified atom stereocenters. The molecule has 2 atom stereocenters. The molecule has 18 heavy (non-hydrogen) atoms. The maximum atomic E-state index is 11.7. The van der Waals surface area contributed by atoms with Gasteiger partial charge in [0, 0.05) is 12.6 Å². The Bertz CT molecular complexity index is 377. The van der Waals surface area contributed by atoms with Gasteiger partial charge in [-0.1, -0.05) is 51.1 Å². The van der Waals surface area contributed by atoms with Crippen molar-refractivity contribution in [1.82, 2.24) is 4.90 Å². The minimum atomic E-state index is -0.265. The molecule has 0 fully saturated rings. The first-order valence-electron chi connectivity index (χ1n) is 6.45. The Morgan fingerprint density at radius 3 is 2.17 bits per heavy atom. The van der Waals surface area contributed by atoms with Crippen molar-refractivity contribution in [2.45, 2.75) is 40.3 Å². The first-order valence-corrected chi connectivity index (χ1v) is 6.85. The van der Waals surface area contributed by atoms with Crippen LogP contribution < -0.4 is 0 Å². The van der Waals surface area contributed by atoms with Gasteiger partial charge in [-0.15, -0.1) is 0 Å². The Kier molecular flexibility index (Phi) is 5.60. The van der Waals surface area contributed by atoms with E-state index < -0.39 is 0 Å². The van der Waals surface area contributed by atoms with E-state index in [9.17, 15) is 4.79 Å². The van der Waals surface area contributed by atoms with Crippen molar-refractivity contribution >= 4 is 17.9 Å². The zero-order valence-corrected chi connectivity index (χ0v) is 12.4. The highest BCUT2D eigenvalue weighted by Crippen LogP contribution is 2.21. The van der Waals surface area contributed by atoms with Crippen LogP contribution in [0.1, 0.15) is 33.3 Å². The summed E-state index contributed by atoms with van der Waals surface area (Å²) in [6.07, 6.45) is 0. The molecule has 1 aromatic rings. The fraction of sp³-hybridized carbons (Fsp3) is 0.533. The van der Waals surface area contributed by atoms with E-state index in [1.165, 1.54) is 0 Å². The number of rotatable bonds is 5. The number of carbonyl (C=O) groups is 1. The SMILES string of the molecule is CC(C)C(C)C(C)N(Cc1ccccc1)C(=O)[S-]. The third-order valence-electron chi connectivity index (χ3n) is 3.73.